The van der Waals surface area contributed by atoms with Gasteiger partial charge in [0.2, 0.25) is 0 Å². The van der Waals surface area contributed by atoms with Crippen molar-refractivity contribution in [1.82, 2.24) is 9.97 Å². The molecule has 3 N–H and O–H groups in total. The average Bonchev–Trinajstić information content (AvgIpc) is 2.80. The van der Waals surface area contributed by atoms with Crippen LogP contribution in [0.4, 0.5) is 5.69 Å². The molecule has 0 aliphatic carbocycles. The first-order chi connectivity index (χ1) is 10.0. The van der Waals surface area contributed by atoms with E-state index in [1.54, 1.807) is 0 Å². The zero-order valence-corrected chi connectivity index (χ0v) is 13.5. The van der Waals surface area contributed by atoms with E-state index in [9.17, 15) is 4.79 Å². The Labute approximate surface area is 134 Å². The smallest absolute Gasteiger partial charge is 0.323 e. The molecule has 2 aromatic carbocycles. The van der Waals surface area contributed by atoms with Crippen LogP contribution in [0.3, 0.4) is 0 Å². The zero-order valence-electron chi connectivity index (χ0n) is 11.2. The normalized spacial score (nSPS) is 12.5. The van der Waals surface area contributed by atoms with E-state index in [4.69, 9.17) is 11.6 Å². The third-order valence-corrected chi connectivity index (χ3v) is 4.23. The van der Waals surface area contributed by atoms with E-state index >= 15 is 0 Å². The number of hydrogen-bond acceptors (Lipinski definition) is 2. The van der Waals surface area contributed by atoms with Gasteiger partial charge in [-0.25, -0.2) is 4.79 Å². The number of benzene rings is 2. The minimum absolute atomic E-state index is 0.0882. The molecule has 3 rings (SSSR count). The molecule has 1 unspecified atom stereocenters. The van der Waals surface area contributed by atoms with Crippen LogP contribution in [0.5, 0.6) is 0 Å². The molecule has 1 aromatic heterocycles. The molecule has 0 radical (unpaired) electrons. The van der Waals surface area contributed by atoms with Gasteiger partial charge in [-0.15, -0.1) is 0 Å². The molecule has 21 heavy (non-hydrogen) atoms. The van der Waals surface area contributed by atoms with Crippen molar-refractivity contribution in [2.45, 2.75) is 13.0 Å². The van der Waals surface area contributed by atoms with Gasteiger partial charge in [0.1, 0.15) is 0 Å². The first-order valence-electron chi connectivity index (χ1n) is 6.46. The summed E-state index contributed by atoms with van der Waals surface area (Å²) in [5.41, 5.74) is 3.47. The molecule has 0 amide bonds. The maximum Gasteiger partial charge on any atom is 0.323 e. The van der Waals surface area contributed by atoms with Crippen LogP contribution in [0, 0.1) is 0 Å². The quantitative estimate of drug-likeness (QED) is 0.641. The van der Waals surface area contributed by atoms with Gasteiger partial charge >= 0.3 is 5.69 Å². The minimum atomic E-state index is -0.191. The fourth-order valence-corrected chi connectivity index (χ4v) is 3.04. The van der Waals surface area contributed by atoms with Gasteiger partial charge in [-0.2, -0.15) is 0 Å². The van der Waals surface area contributed by atoms with Crippen LogP contribution in [-0.2, 0) is 0 Å². The van der Waals surface area contributed by atoms with Crippen LogP contribution < -0.4 is 11.0 Å². The Bertz CT molecular complexity index is 855. The lowest BCUT2D eigenvalue weighted by atomic mass is 10.1. The number of imidazole rings is 1. The van der Waals surface area contributed by atoms with Crippen LogP contribution in [0.15, 0.2) is 45.7 Å². The topological polar surface area (TPSA) is 60.7 Å². The number of aromatic nitrogens is 2. The number of H-pyrrole nitrogens is 2. The summed E-state index contributed by atoms with van der Waals surface area (Å²) in [6.07, 6.45) is 0. The molecule has 0 aliphatic rings. The molecule has 0 saturated carbocycles. The van der Waals surface area contributed by atoms with Crippen LogP contribution in [0.2, 0.25) is 5.02 Å². The van der Waals surface area contributed by atoms with Crippen molar-refractivity contribution >= 4 is 44.3 Å². The Kier molecular flexibility index (Phi) is 3.78. The number of aromatic amines is 2. The highest BCUT2D eigenvalue weighted by Gasteiger charge is 2.09. The summed E-state index contributed by atoms with van der Waals surface area (Å²) in [7, 11) is 0. The third-order valence-electron chi connectivity index (χ3n) is 3.34. The van der Waals surface area contributed by atoms with E-state index in [0.29, 0.717) is 5.02 Å². The highest BCUT2D eigenvalue weighted by molar-refractivity contribution is 9.10. The summed E-state index contributed by atoms with van der Waals surface area (Å²) in [5.74, 6) is 0. The largest absolute Gasteiger partial charge is 0.378 e. The van der Waals surface area contributed by atoms with Gasteiger partial charge in [0, 0.05) is 21.2 Å². The predicted octanol–water partition coefficient (Wildman–Crippen LogP) is 4.45. The monoisotopic (exact) mass is 365 g/mol. The number of halogens is 2. The van der Waals surface area contributed by atoms with Gasteiger partial charge in [-0.1, -0.05) is 17.7 Å². The Morgan fingerprint density at radius 1 is 1.14 bits per heavy atom. The van der Waals surface area contributed by atoms with Gasteiger partial charge in [-0.3, -0.25) is 0 Å². The van der Waals surface area contributed by atoms with Crippen LogP contribution >= 0.6 is 27.5 Å². The van der Waals surface area contributed by atoms with Crippen molar-refractivity contribution in [2.75, 3.05) is 5.32 Å². The molecule has 3 aromatic rings. The second-order valence-corrected chi connectivity index (χ2v) is 6.17. The summed E-state index contributed by atoms with van der Waals surface area (Å²) in [6, 6.07) is 11.6. The number of hydrogen-bond donors (Lipinski definition) is 3. The van der Waals surface area contributed by atoms with E-state index in [-0.39, 0.29) is 11.7 Å². The second-order valence-electron chi connectivity index (χ2n) is 4.87. The van der Waals surface area contributed by atoms with E-state index < -0.39 is 0 Å². The number of fused-ring (bicyclic) bond motifs is 1. The Hall–Kier alpha value is -1.72. The molecule has 108 valence electrons. The lowest BCUT2D eigenvalue weighted by molar-refractivity contribution is 0.885. The molecule has 1 atom stereocenters. The maximum atomic E-state index is 11.3. The van der Waals surface area contributed by atoms with Gasteiger partial charge in [0.05, 0.1) is 11.0 Å². The first-order valence-corrected chi connectivity index (χ1v) is 7.63. The van der Waals surface area contributed by atoms with Gasteiger partial charge in [0.25, 0.3) is 0 Å². The molecule has 1 heterocycles. The fraction of sp³-hybridized carbons (Fsp3) is 0.133. The first kappa shape index (κ1) is 14.2. The second kappa shape index (κ2) is 5.58. The lowest BCUT2D eigenvalue weighted by Crippen LogP contribution is -2.07. The molecule has 0 fully saturated rings. The van der Waals surface area contributed by atoms with Crippen molar-refractivity contribution in [1.29, 1.82) is 0 Å². The summed E-state index contributed by atoms with van der Waals surface area (Å²) in [4.78, 5) is 16.8. The molecule has 0 bridgehead atoms. The summed E-state index contributed by atoms with van der Waals surface area (Å²) < 4.78 is 0.915. The number of anilines is 1. The Morgan fingerprint density at radius 3 is 2.67 bits per heavy atom. The van der Waals surface area contributed by atoms with Crippen LogP contribution in [0.1, 0.15) is 18.5 Å². The van der Waals surface area contributed by atoms with Crippen molar-refractivity contribution in [3.8, 4) is 0 Å². The summed E-state index contributed by atoms with van der Waals surface area (Å²) in [5, 5.41) is 4.10. The summed E-state index contributed by atoms with van der Waals surface area (Å²) >= 11 is 9.44. The third kappa shape index (κ3) is 2.99. The molecule has 0 saturated heterocycles. The van der Waals surface area contributed by atoms with E-state index in [1.165, 1.54) is 0 Å². The van der Waals surface area contributed by atoms with Crippen molar-refractivity contribution < 1.29 is 0 Å². The maximum absolute atomic E-state index is 11.3. The highest BCUT2D eigenvalue weighted by Crippen LogP contribution is 2.29. The predicted molar refractivity (Wildman–Crippen MR) is 90.1 cm³/mol. The molecular formula is C15H13BrClN3O. The SMILES string of the molecule is CC(Nc1ccc(Cl)cc1Br)c1ccc2[nH]c(=O)[nH]c2c1. The number of rotatable bonds is 3. The van der Waals surface area contributed by atoms with Crippen molar-refractivity contribution in [2.24, 2.45) is 0 Å². The highest BCUT2D eigenvalue weighted by atomic mass is 79.9. The molecule has 6 heteroatoms. The van der Waals surface area contributed by atoms with Gasteiger partial charge in [0.15, 0.2) is 0 Å². The van der Waals surface area contributed by atoms with E-state index in [1.807, 2.05) is 36.4 Å². The number of nitrogens with one attached hydrogen (secondary N) is 3. The van der Waals surface area contributed by atoms with Gasteiger partial charge < -0.3 is 15.3 Å². The average molecular weight is 367 g/mol. The van der Waals surface area contributed by atoms with E-state index in [0.717, 1.165) is 26.8 Å². The van der Waals surface area contributed by atoms with E-state index in [2.05, 4.69) is 38.1 Å². The van der Waals surface area contributed by atoms with Crippen LogP contribution in [0.25, 0.3) is 11.0 Å². The Balaban J connectivity index is 1.89. The molecule has 0 spiro atoms. The standard InChI is InChI=1S/C15H13BrClN3O/c1-8(18-12-5-3-10(17)7-11(12)16)9-2-4-13-14(6-9)20-15(21)19-13/h2-8,18H,1H3,(H2,19,20,21). The summed E-state index contributed by atoms with van der Waals surface area (Å²) in [6.45, 7) is 2.06. The molecule has 0 aliphatic heterocycles. The molecule has 4 nitrogen and oxygen atoms in total. The molecular weight excluding hydrogens is 354 g/mol. The van der Waals surface area contributed by atoms with Crippen molar-refractivity contribution in [3.63, 3.8) is 0 Å². The van der Waals surface area contributed by atoms with Gasteiger partial charge in [-0.05, 0) is 58.7 Å². The zero-order chi connectivity index (χ0) is 15.0. The Morgan fingerprint density at radius 2 is 1.90 bits per heavy atom. The minimum Gasteiger partial charge on any atom is -0.378 e. The lowest BCUT2D eigenvalue weighted by Gasteiger charge is -2.17. The van der Waals surface area contributed by atoms with Crippen molar-refractivity contribution in [3.05, 3.63) is 61.9 Å². The van der Waals surface area contributed by atoms with Crippen LogP contribution in [-0.4, -0.2) is 9.97 Å². The fourth-order valence-electron chi connectivity index (χ4n) is 2.24.